The molecule has 0 bridgehead atoms. The summed E-state index contributed by atoms with van der Waals surface area (Å²) < 4.78 is 5.51. The highest BCUT2D eigenvalue weighted by atomic mass is 16.3. The van der Waals surface area contributed by atoms with Crippen molar-refractivity contribution >= 4 is 17.5 Å². The average molecular weight is 391 g/mol. The lowest BCUT2D eigenvalue weighted by molar-refractivity contribution is -0.123. The quantitative estimate of drug-likeness (QED) is 0.550. The van der Waals surface area contributed by atoms with Crippen LogP contribution >= 0.6 is 0 Å². The molecule has 0 aliphatic heterocycles. The van der Waals surface area contributed by atoms with Gasteiger partial charge in [-0.25, -0.2) is 0 Å². The Kier molecular flexibility index (Phi) is 6.81. The zero-order valence-electron chi connectivity index (χ0n) is 16.6. The van der Waals surface area contributed by atoms with Crippen LogP contribution < -0.4 is 16.0 Å². The Hall–Kier alpha value is -3.38. The molecule has 150 valence electrons. The molecule has 0 fully saturated rings. The zero-order chi connectivity index (χ0) is 20.6. The van der Waals surface area contributed by atoms with Gasteiger partial charge in [0.15, 0.2) is 0 Å². The molecule has 6 nitrogen and oxygen atoms in total. The first-order chi connectivity index (χ1) is 14.0. The second-order valence-corrected chi connectivity index (χ2v) is 6.83. The number of carbonyl (C=O) groups excluding carboxylic acids is 2. The molecule has 29 heavy (non-hydrogen) atoms. The van der Waals surface area contributed by atoms with Crippen molar-refractivity contribution in [3.63, 3.8) is 0 Å². The first kappa shape index (κ1) is 20.4. The Morgan fingerprint density at radius 3 is 2.24 bits per heavy atom. The second kappa shape index (κ2) is 9.71. The molecule has 3 aromatic rings. The van der Waals surface area contributed by atoms with Gasteiger partial charge in [0, 0.05) is 5.69 Å². The molecule has 0 aliphatic carbocycles. The number of rotatable bonds is 8. The summed E-state index contributed by atoms with van der Waals surface area (Å²) in [5, 5.41) is 8.70. The number of anilines is 1. The van der Waals surface area contributed by atoms with E-state index in [0.717, 1.165) is 28.1 Å². The van der Waals surface area contributed by atoms with E-state index in [4.69, 9.17) is 4.42 Å². The number of furan rings is 1. The third-order valence-corrected chi connectivity index (χ3v) is 4.62. The monoisotopic (exact) mass is 391 g/mol. The highest BCUT2D eigenvalue weighted by Crippen LogP contribution is 2.22. The van der Waals surface area contributed by atoms with Crippen molar-refractivity contribution in [1.82, 2.24) is 10.6 Å². The first-order valence-corrected chi connectivity index (χ1v) is 9.49. The van der Waals surface area contributed by atoms with Gasteiger partial charge in [0.1, 0.15) is 5.76 Å². The van der Waals surface area contributed by atoms with Gasteiger partial charge < -0.3 is 15.1 Å². The fourth-order valence-corrected chi connectivity index (χ4v) is 3.12. The molecular weight excluding hydrogens is 366 g/mol. The van der Waals surface area contributed by atoms with E-state index in [0.29, 0.717) is 0 Å². The lowest BCUT2D eigenvalue weighted by atomic mass is 10.0. The number of aryl methyl sites for hydroxylation is 2. The summed E-state index contributed by atoms with van der Waals surface area (Å²) >= 11 is 0. The van der Waals surface area contributed by atoms with Crippen LogP contribution in [0.25, 0.3) is 0 Å². The van der Waals surface area contributed by atoms with E-state index in [1.54, 1.807) is 6.26 Å². The molecular formula is C23H25N3O3. The van der Waals surface area contributed by atoms with E-state index >= 15 is 0 Å². The van der Waals surface area contributed by atoms with Gasteiger partial charge in [-0.2, -0.15) is 0 Å². The van der Waals surface area contributed by atoms with Crippen molar-refractivity contribution in [1.29, 1.82) is 0 Å². The number of hydrogen-bond donors (Lipinski definition) is 3. The number of hydrogen-bond acceptors (Lipinski definition) is 4. The number of benzene rings is 2. The third-order valence-electron chi connectivity index (χ3n) is 4.62. The SMILES string of the molecule is Cc1cccc(C)c1NC(=O)CNC(=O)CN[C@H](c1ccccc1)c1ccco1. The first-order valence-electron chi connectivity index (χ1n) is 9.49. The van der Waals surface area contributed by atoms with Crippen LogP contribution in [-0.2, 0) is 9.59 Å². The van der Waals surface area contributed by atoms with Crippen molar-refractivity contribution in [2.45, 2.75) is 19.9 Å². The molecule has 0 unspecified atom stereocenters. The van der Waals surface area contributed by atoms with Crippen molar-refractivity contribution in [3.8, 4) is 0 Å². The molecule has 0 saturated carbocycles. The summed E-state index contributed by atoms with van der Waals surface area (Å²) in [5.41, 5.74) is 3.74. The van der Waals surface area contributed by atoms with Gasteiger partial charge in [-0.05, 0) is 42.7 Å². The van der Waals surface area contributed by atoms with Crippen LogP contribution in [0, 0.1) is 13.8 Å². The highest BCUT2D eigenvalue weighted by molar-refractivity contribution is 5.95. The van der Waals surface area contributed by atoms with Crippen LogP contribution in [-0.4, -0.2) is 24.9 Å². The lowest BCUT2D eigenvalue weighted by Crippen LogP contribution is -2.39. The normalized spacial score (nSPS) is 11.7. The smallest absolute Gasteiger partial charge is 0.243 e. The maximum atomic E-state index is 12.3. The molecule has 2 aromatic carbocycles. The lowest BCUT2D eigenvalue weighted by Gasteiger charge is -2.17. The fourth-order valence-electron chi connectivity index (χ4n) is 3.12. The summed E-state index contributed by atoms with van der Waals surface area (Å²) in [6.45, 7) is 3.83. The number of para-hydroxylation sites is 1. The summed E-state index contributed by atoms with van der Waals surface area (Å²) in [6, 6.07) is 19.0. The summed E-state index contributed by atoms with van der Waals surface area (Å²) in [7, 11) is 0. The molecule has 0 saturated heterocycles. The van der Waals surface area contributed by atoms with Gasteiger partial charge in [0.2, 0.25) is 11.8 Å². The van der Waals surface area contributed by atoms with Crippen LogP contribution in [0.5, 0.6) is 0 Å². The Labute approximate surface area is 170 Å². The molecule has 3 N–H and O–H groups in total. The third kappa shape index (κ3) is 5.56. The Morgan fingerprint density at radius 1 is 0.862 bits per heavy atom. The van der Waals surface area contributed by atoms with Crippen LogP contribution in [0.1, 0.15) is 28.5 Å². The molecule has 0 radical (unpaired) electrons. The van der Waals surface area contributed by atoms with E-state index in [2.05, 4.69) is 16.0 Å². The van der Waals surface area contributed by atoms with E-state index in [-0.39, 0.29) is 30.9 Å². The molecule has 1 heterocycles. The van der Waals surface area contributed by atoms with Crippen LogP contribution in [0.15, 0.2) is 71.3 Å². The molecule has 1 atom stereocenters. The number of carbonyl (C=O) groups is 2. The summed E-state index contributed by atoms with van der Waals surface area (Å²) in [4.78, 5) is 24.5. The maximum Gasteiger partial charge on any atom is 0.243 e. The minimum absolute atomic E-state index is 0.0525. The predicted molar refractivity (Wildman–Crippen MR) is 113 cm³/mol. The molecule has 2 amide bonds. The number of nitrogens with one attached hydrogen (secondary N) is 3. The molecule has 1 aromatic heterocycles. The standard InChI is InChI=1S/C23H25N3O3/c1-16-8-6-9-17(2)22(16)26-21(28)15-24-20(27)14-25-23(19-12-7-13-29-19)18-10-4-3-5-11-18/h3-13,23,25H,14-15H2,1-2H3,(H,24,27)(H,26,28)/t23-/m1/s1. The van der Waals surface area contributed by atoms with Gasteiger partial charge in [-0.15, -0.1) is 0 Å². The molecule has 0 aliphatic rings. The Bertz CT molecular complexity index is 933. The van der Waals surface area contributed by atoms with Crippen LogP contribution in [0.3, 0.4) is 0 Å². The van der Waals surface area contributed by atoms with Crippen molar-refractivity contribution in [3.05, 3.63) is 89.4 Å². The summed E-state index contributed by atoms with van der Waals surface area (Å²) in [5.74, 6) is 0.187. The van der Waals surface area contributed by atoms with Gasteiger partial charge in [-0.3, -0.25) is 14.9 Å². The Balaban J connectivity index is 1.53. The minimum atomic E-state index is -0.269. The Morgan fingerprint density at radius 2 is 1.59 bits per heavy atom. The van der Waals surface area contributed by atoms with Crippen LogP contribution in [0.4, 0.5) is 5.69 Å². The fraction of sp³-hybridized carbons (Fsp3) is 0.217. The topological polar surface area (TPSA) is 83.4 Å². The van der Waals surface area contributed by atoms with E-state index in [1.165, 1.54) is 0 Å². The second-order valence-electron chi connectivity index (χ2n) is 6.83. The van der Waals surface area contributed by atoms with Crippen molar-refractivity contribution in [2.75, 3.05) is 18.4 Å². The van der Waals surface area contributed by atoms with Crippen molar-refractivity contribution < 1.29 is 14.0 Å². The molecule has 3 rings (SSSR count). The highest BCUT2D eigenvalue weighted by Gasteiger charge is 2.17. The number of amides is 2. The van der Waals surface area contributed by atoms with Gasteiger partial charge in [0.25, 0.3) is 0 Å². The minimum Gasteiger partial charge on any atom is -0.467 e. The van der Waals surface area contributed by atoms with E-state index in [9.17, 15) is 9.59 Å². The molecule has 0 spiro atoms. The van der Waals surface area contributed by atoms with Gasteiger partial charge >= 0.3 is 0 Å². The van der Waals surface area contributed by atoms with Crippen molar-refractivity contribution in [2.24, 2.45) is 0 Å². The van der Waals surface area contributed by atoms with E-state index < -0.39 is 0 Å². The maximum absolute atomic E-state index is 12.3. The van der Waals surface area contributed by atoms with Gasteiger partial charge in [-0.1, -0.05) is 48.5 Å². The van der Waals surface area contributed by atoms with E-state index in [1.807, 2.05) is 74.5 Å². The largest absolute Gasteiger partial charge is 0.467 e. The van der Waals surface area contributed by atoms with Crippen LogP contribution in [0.2, 0.25) is 0 Å². The average Bonchev–Trinajstić information content (AvgIpc) is 3.25. The summed E-state index contributed by atoms with van der Waals surface area (Å²) in [6.07, 6.45) is 1.60. The predicted octanol–water partition coefficient (Wildman–Crippen LogP) is 3.33. The molecule has 6 heteroatoms. The van der Waals surface area contributed by atoms with Gasteiger partial charge in [0.05, 0.1) is 25.4 Å². The zero-order valence-corrected chi connectivity index (χ0v) is 16.6.